The van der Waals surface area contributed by atoms with E-state index >= 15 is 0 Å². The molecule has 1 saturated heterocycles. The fourth-order valence-corrected chi connectivity index (χ4v) is 3.17. The minimum Gasteiger partial charge on any atom is -0.493 e. The number of morpholine rings is 1. The molecule has 1 saturated carbocycles. The van der Waals surface area contributed by atoms with Gasteiger partial charge >= 0.3 is 0 Å². The summed E-state index contributed by atoms with van der Waals surface area (Å²) < 4.78 is 17.0. The Hall–Kier alpha value is -1.30. The van der Waals surface area contributed by atoms with Crippen molar-refractivity contribution < 1.29 is 14.2 Å². The number of rotatable bonds is 9. The van der Waals surface area contributed by atoms with Gasteiger partial charge in [-0.3, -0.25) is 4.90 Å². The third kappa shape index (κ3) is 4.85. The topological polar surface area (TPSA) is 43.0 Å². The van der Waals surface area contributed by atoms with E-state index in [4.69, 9.17) is 14.2 Å². The summed E-state index contributed by atoms with van der Waals surface area (Å²) in [5, 5.41) is 3.52. The summed E-state index contributed by atoms with van der Waals surface area (Å²) in [5.74, 6) is 1.62. The highest BCUT2D eigenvalue weighted by Gasteiger charge is 2.32. The highest BCUT2D eigenvalue weighted by molar-refractivity contribution is 5.42. The number of benzene rings is 1. The van der Waals surface area contributed by atoms with Gasteiger partial charge in [-0.05, 0) is 37.0 Å². The molecule has 0 bridgehead atoms. The van der Waals surface area contributed by atoms with Crippen LogP contribution in [-0.2, 0) is 11.3 Å². The number of nitrogens with one attached hydrogen (secondary N) is 1. The van der Waals surface area contributed by atoms with Crippen molar-refractivity contribution in [2.45, 2.75) is 44.9 Å². The summed E-state index contributed by atoms with van der Waals surface area (Å²) in [6.07, 6.45) is 4.03. The normalized spacial score (nSPS) is 21.7. The maximum atomic E-state index is 5.88. The summed E-state index contributed by atoms with van der Waals surface area (Å²) in [6.45, 7) is 7.53. The zero-order valence-electron chi connectivity index (χ0n) is 14.9. The second kappa shape index (κ2) is 8.70. The standard InChI is InChI=1S/C19H30N2O3/c1-3-9-24-18-7-4-15(11-19(18)22-2)12-20-13-17-14-21(8-10-23-17)16-5-6-16/h4,7,11,16-17,20H,3,5-6,8-10,12-14H2,1-2H3. The molecule has 1 unspecified atom stereocenters. The van der Waals surface area contributed by atoms with Crippen molar-refractivity contribution in [3.63, 3.8) is 0 Å². The van der Waals surface area contributed by atoms with Crippen molar-refractivity contribution in [1.29, 1.82) is 0 Å². The molecule has 0 amide bonds. The summed E-state index contributed by atoms with van der Waals surface area (Å²) in [4.78, 5) is 2.58. The van der Waals surface area contributed by atoms with E-state index in [1.807, 2.05) is 6.07 Å². The highest BCUT2D eigenvalue weighted by atomic mass is 16.5. The van der Waals surface area contributed by atoms with Crippen LogP contribution >= 0.6 is 0 Å². The molecule has 2 fully saturated rings. The fraction of sp³-hybridized carbons (Fsp3) is 0.684. The number of ether oxygens (including phenoxy) is 3. The van der Waals surface area contributed by atoms with E-state index in [2.05, 4.69) is 29.3 Å². The summed E-state index contributed by atoms with van der Waals surface area (Å²) in [6, 6.07) is 6.98. The molecule has 134 valence electrons. The molecule has 24 heavy (non-hydrogen) atoms. The molecule has 0 radical (unpaired) electrons. The van der Waals surface area contributed by atoms with Crippen molar-refractivity contribution in [2.24, 2.45) is 0 Å². The Morgan fingerprint density at radius 2 is 2.17 bits per heavy atom. The molecule has 1 aliphatic carbocycles. The van der Waals surface area contributed by atoms with Gasteiger partial charge in [-0.15, -0.1) is 0 Å². The van der Waals surface area contributed by atoms with Crippen LogP contribution in [0.1, 0.15) is 31.7 Å². The van der Waals surface area contributed by atoms with Crippen LogP contribution < -0.4 is 14.8 Å². The minimum atomic E-state index is 0.299. The van der Waals surface area contributed by atoms with Crippen molar-refractivity contribution >= 4 is 0 Å². The number of hydrogen-bond donors (Lipinski definition) is 1. The highest BCUT2D eigenvalue weighted by Crippen LogP contribution is 2.29. The van der Waals surface area contributed by atoms with Crippen LogP contribution in [0, 0.1) is 0 Å². The van der Waals surface area contributed by atoms with Crippen molar-refractivity contribution in [2.75, 3.05) is 40.0 Å². The van der Waals surface area contributed by atoms with Crippen molar-refractivity contribution in [1.82, 2.24) is 10.2 Å². The first-order chi connectivity index (χ1) is 11.8. The van der Waals surface area contributed by atoms with E-state index in [1.54, 1.807) is 7.11 Å². The Morgan fingerprint density at radius 3 is 2.92 bits per heavy atom. The molecule has 5 heteroatoms. The SMILES string of the molecule is CCCOc1ccc(CNCC2CN(C3CC3)CCO2)cc1OC. The van der Waals surface area contributed by atoms with Crippen molar-refractivity contribution in [3.8, 4) is 11.5 Å². The third-order valence-corrected chi connectivity index (χ3v) is 4.62. The predicted octanol–water partition coefficient (Wildman–Crippen LogP) is 2.44. The molecule has 1 heterocycles. The quantitative estimate of drug-likeness (QED) is 0.751. The first-order valence-corrected chi connectivity index (χ1v) is 9.16. The van der Waals surface area contributed by atoms with Gasteiger partial charge in [0.2, 0.25) is 0 Å². The first-order valence-electron chi connectivity index (χ1n) is 9.16. The van der Waals surface area contributed by atoms with E-state index in [1.165, 1.54) is 18.4 Å². The molecule has 1 aromatic rings. The second-order valence-electron chi connectivity index (χ2n) is 6.68. The van der Waals surface area contributed by atoms with Gasteiger partial charge in [-0.2, -0.15) is 0 Å². The van der Waals surface area contributed by atoms with E-state index < -0.39 is 0 Å². The molecule has 0 spiro atoms. The molecular formula is C19H30N2O3. The Kier molecular flexibility index (Phi) is 6.35. The Bertz CT molecular complexity index is 519. The smallest absolute Gasteiger partial charge is 0.161 e. The maximum absolute atomic E-state index is 5.88. The van der Waals surface area contributed by atoms with Crippen LogP contribution in [0.2, 0.25) is 0 Å². The van der Waals surface area contributed by atoms with Gasteiger partial charge in [0.1, 0.15) is 0 Å². The summed E-state index contributed by atoms with van der Waals surface area (Å²) in [5.41, 5.74) is 1.20. The van der Waals surface area contributed by atoms with Gasteiger partial charge in [0.15, 0.2) is 11.5 Å². The molecule has 0 aromatic heterocycles. The van der Waals surface area contributed by atoms with Crippen LogP contribution in [0.5, 0.6) is 11.5 Å². The molecule has 2 aliphatic rings. The van der Waals surface area contributed by atoms with E-state index in [-0.39, 0.29) is 0 Å². The monoisotopic (exact) mass is 334 g/mol. The zero-order chi connectivity index (χ0) is 16.8. The second-order valence-corrected chi connectivity index (χ2v) is 6.68. The largest absolute Gasteiger partial charge is 0.493 e. The van der Waals surface area contributed by atoms with Crippen LogP contribution in [0.15, 0.2) is 18.2 Å². The summed E-state index contributed by atoms with van der Waals surface area (Å²) >= 11 is 0. The molecule has 5 nitrogen and oxygen atoms in total. The number of nitrogens with zero attached hydrogens (tertiary/aromatic N) is 1. The lowest BCUT2D eigenvalue weighted by molar-refractivity contribution is -0.0301. The average Bonchev–Trinajstić information content (AvgIpc) is 3.46. The van der Waals surface area contributed by atoms with Crippen LogP contribution in [-0.4, -0.2) is 57.0 Å². The van der Waals surface area contributed by atoms with Gasteiger partial charge in [0, 0.05) is 32.2 Å². The van der Waals surface area contributed by atoms with Gasteiger partial charge < -0.3 is 19.5 Å². The predicted molar refractivity (Wildman–Crippen MR) is 94.8 cm³/mol. The molecule has 1 aliphatic heterocycles. The van der Waals surface area contributed by atoms with Gasteiger partial charge in [-0.1, -0.05) is 13.0 Å². The van der Waals surface area contributed by atoms with Crippen LogP contribution in [0.3, 0.4) is 0 Å². The van der Waals surface area contributed by atoms with Gasteiger partial charge in [0.25, 0.3) is 0 Å². The number of hydrogen-bond acceptors (Lipinski definition) is 5. The molecule has 1 atom stereocenters. The Morgan fingerprint density at radius 1 is 1.29 bits per heavy atom. The molecule has 1 N–H and O–H groups in total. The minimum absolute atomic E-state index is 0.299. The fourth-order valence-electron chi connectivity index (χ4n) is 3.17. The third-order valence-electron chi connectivity index (χ3n) is 4.62. The Balaban J connectivity index is 1.45. The van der Waals surface area contributed by atoms with E-state index in [9.17, 15) is 0 Å². The van der Waals surface area contributed by atoms with Crippen LogP contribution in [0.4, 0.5) is 0 Å². The lowest BCUT2D eigenvalue weighted by Gasteiger charge is -2.33. The Labute approximate surface area is 145 Å². The molecule has 3 rings (SSSR count). The van der Waals surface area contributed by atoms with Gasteiger partial charge in [-0.25, -0.2) is 0 Å². The van der Waals surface area contributed by atoms with E-state index in [0.717, 1.165) is 56.7 Å². The van der Waals surface area contributed by atoms with E-state index in [0.29, 0.717) is 12.7 Å². The van der Waals surface area contributed by atoms with Crippen molar-refractivity contribution in [3.05, 3.63) is 23.8 Å². The van der Waals surface area contributed by atoms with Crippen LogP contribution in [0.25, 0.3) is 0 Å². The maximum Gasteiger partial charge on any atom is 0.161 e. The number of methoxy groups -OCH3 is 1. The molecular weight excluding hydrogens is 304 g/mol. The molecule has 1 aromatic carbocycles. The summed E-state index contributed by atoms with van der Waals surface area (Å²) in [7, 11) is 1.69. The lowest BCUT2D eigenvalue weighted by atomic mass is 10.2. The average molecular weight is 334 g/mol. The lowest BCUT2D eigenvalue weighted by Crippen LogP contribution is -2.47. The zero-order valence-corrected chi connectivity index (χ0v) is 14.9. The first kappa shape index (κ1) is 17.5. The van der Waals surface area contributed by atoms with Gasteiger partial charge in [0.05, 0.1) is 26.4 Å².